The second-order valence-corrected chi connectivity index (χ2v) is 5.13. The quantitative estimate of drug-likeness (QED) is 0.765. The van der Waals surface area contributed by atoms with Crippen molar-refractivity contribution >= 4 is 5.91 Å². The van der Waals surface area contributed by atoms with E-state index in [0.29, 0.717) is 11.8 Å². The number of carbonyl (C=O) groups is 1. The normalized spacial score (nSPS) is 28.9. The minimum atomic E-state index is 0.0173. The van der Waals surface area contributed by atoms with Crippen molar-refractivity contribution < 1.29 is 4.79 Å². The molecule has 3 heteroatoms. The Kier molecular flexibility index (Phi) is 3.01. The molecule has 3 nitrogen and oxygen atoms in total. The van der Waals surface area contributed by atoms with Gasteiger partial charge in [-0.05, 0) is 38.1 Å². The Labute approximate surface area is 92.0 Å². The van der Waals surface area contributed by atoms with Crippen LogP contribution in [0.3, 0.4) is 0 Å². The van der Waals surface area contributed by atoms with Gasteiger partial charge < -0.3 is 10.6 Å². The fraction of sp³-hybridized carbons (Fsp3) is 0.917. The van der Waals surface area contributed by atoms with E-state index < -0.39 is 0 Å². The highest BCUT2D eigenvalue weighted by molar-refractivity contribution is 5.83. The minimum absolute atomic E-state index is 0.0173. The van der Waals surface area contributed by atoms with Crippen molar-refractivity contribution in [3.63, 3.8) is 0 Å². The topological polar surface area (TPSA) is 46.3 Å². The van der Waals surface area contributed by atoms with Gasteiger partial charge in [0.2, 0.25) is 5.91 Å². The summed E-state index contributed by atoms with van der Waals surface area (Å²) in [7, 11) is 0. The van der Waals surface area contributed by atoms with Gasteiger partial charge in [0.15, 0.2) is 0 Å². The van der Waals surface area contributed by atoms with Crippen LogP contribution in [0.25, 0.3) is 0 Å². The van der Waals surface area contributed by atoms with Crippen molar-refractivity contribution in [2.24, 2.45) is 17.1 Å². The summed E-state index contributed by atoms with van der Waals surface area (Å²) < 4.78 is 0. The predicted octanol–water partition coefficient (Wildman–Crippen LogP) is 1.37. The van der Waals surface area contributed by atoms with Crippen LogP contribution < -0.4 is 5.73 Å². The Morgan fingerprint density at radius 3 is 2.67 bits per heavy atom. The van der Waals surface area contributed by atoms with Crippen LogP contribution in [-0.4, -0.2) is 30.4 Å². The van der Waals surface area contributed by atoms with Gasteiger partial charge in [-0.2, -0.15) is 0 Å². The number of hydrogen-bond donors (Lipinski definition) is 1. The lowest BCUT2D eigenvalue weighted by Crippen LogP contribution is -2.46. The molecule has 2 rings (SSSR count). The molecule has 2 aliphatic rings. The zero-order valence-electron chi connectivity index (χ0n) is 9.67. The van der Waals surface area contributed by atoms with Crippen molar-refractivity contribution in [2.45, 2.75) is 39.0 Å². The molecule has 2 N–H and O–H groups in total. The third-order valence-electron chi connectivity index (χ3n) is 4.35. The average Bonchev–Trinajstić information content (AvgIpc) is 2.64. The maximum absolute atomic E-state index is 12.3. The molecule has 0 radical (unpaired) electrons. The van der Waals surface area contributed by atoms with Crippen molar-refractivity contribution in [1.82, 2.24) is 4.90 Å². The molecule has 1 unspecified atom stereocenters. The summed E-state index contributed by atoms with van der Waals surface area (Å²) in [5.74, 6) is 0.954. The van der Waals surface area contributed by atoms with Crippen LogP contribution >= 0.6 is 0 Å². The summed E-state index contributed by atoms with van der Waals surface area (Å²) in [6.07, 6.45) is 5.55. The fourth-order valence-corrected chi connectivity index (χ4v) is 2.87. The molecule has 1 aliphatic heterocycles. The molecule has 0 aromatic rings. The summed E-state index contributed by atoms with van der Waals surface area (Å²) in [6.45, 7) is 4.70. The second-order valence-electron chi connectivity index (χ2n) is 5.13. The van der Waals surface area contributed by atoms with Gasteiger partial charge >= 0.3 is 0 Å². The van der Waals surface area contributed by atoms with E-state index in [0.717, 1.165) is 45.3 Å². The molecule has 0 aromatic carbocycles. The highest BCUT2D eigenvalue weighted by atomic mass is 16.2. The number of nitrogens with two attached hydrogens (primary N) is 1. The van der Waals surface area contributed by atoms with E-state index >= 15 is 0 Å². The standard InChI is InChI=1S/C12H22N2O/c1-2-12(5-3-6-12)11(15)14-7-4-10(8-13)9-14/h10H,2-9,13H2,1H3. The Bertz CT molecular complexity index is 242. The number of rotatable bonds is 3. The van der Waals surface area contributed by atoms with Crippen LogP contribution in [0.5, 0.6) is 0 Å². The van der Waals surface area contributed by atoms with Gasteiger partial charge in [0, 0.05) is 18.5 Å². The number of hydrogen-bond acceptors (Lipinski definition) is 2. The molecular formula is C12H22N2O. The van der Waals surface area contributed by atoms with Gasteiger partial charge in [0.25, 0.3) is 0 Å². The Balaban J connectivity index is 1.96. The van der Waals surface area contributed by atoms with Crippen molar-refractivity contribution in [2.75, 3.05) is 19.6 Å². The maximum Gasteiger partial charge on any atom is 0.228 e. The van der Waals surface area contributed by atoms with Gasteiger partial charge in [-0.15, -0.1) is 0 Å². The van der Waals surface area contributed by atoms with Crippen molar-refractivity contribution in [1.29, 1.82) is 0 Å². The highest BCUT2D eigenvalue weighted by Crippen LogP contribution is 2.45. The van der Waals surface area contributed by atoms with E-state index in [-0.39, 0.29) is 5.41 Å². The van der Waals surface area contributed by atoms with Crippen molar-refractivity contribution in [3.8, 4) is 0 Å². The lowest BCUT2D eigenvalue weighted by molar-refractivity contribution is -0.146. The largest absolute Gasteiger partial charge is 0.342 e. The molecule has 0 spiro atoms. The van der Waals surface area contributed by atoms with Crippen LogP contribution in [0.15, 0.2) is 0 Å². The third kappa shape index (κ3) is 1.78. The first-order valence-corrected chi connectivity index (χ1v) is 6.21. The first kappa shape index (κ1) is 10.9. The monoisotopic (exact) mass is 210 g/mol. The fourth-order valence-electron chi connectivity index (χ4n) is 2.87. The zero-order valence-corrected chi connectivity index (χ0v) is 9.67. The van der Waals surface area contributed by atoms with Crippen molar-refractivity contribution in [3.05, 3.63) is 0 Å². The molecule has 1 amide bonds. The summed E-state index contributed by atoms with van der Waals surface area (Å²) in [4.78, 5) is 14.4. The molecule has 1 aliphatic carbocycles. The first-order valence-electron chi connectivity index (χ1n) is 6.21. The highest BCUT2D eigenvalue weighted by Gasteiger charge is 2.45. The van der Waals surface area contributed by atoms with E-state index in [2.05, 4.69) is 11.8 Å². The maximum atomic E-state index is 12.3. The minimum Gasteiger partial charge on any atom is -0.342 e. The van der Waals surface area contributed by atoms with Gasteiger partial charge in [-0.3, -0.25) is 4.79 Å². The molecule has 1 heterocycles. The lowest BCUT2D eigenvalue weighted by Gasteiger charge is -2.42. The summed E-state index contributed by atoms with van der Waals surface area (Å²) in [5.41, 5.74) is 5.66. The Hall–Kier alpha value is -0.570. The van der Waals surface area contributed by atoms with Gasteiger partial charge in [0.1, 0.15) is 0 Å². The summed E-state index contributed by atoms with van der Waals surface area (Å²) in [6, 6.07) is 0. The smallest absolute Gasteiger partial charge is 0.228 e. The van der Waals surface area contributed by atoms with Crippen LogP contribution in [0.1, 0.15) is 39.0 Å². The number of likely N-dealkylation sites (tertiary alicyclic amines) is 1. The number of nitrogens with zero attached hydrogens (tertiary/aromatic N) is 1. The first-order chi connectivity index (χ1) is 7.22. The van der Waals surface area contributed by atoms with Gasteiger partial charge in [-0.1, -0.05) is 13.3 Å². The van der Waals surface area contributed by atoms with E-state index in [1.165, 1.54) is 6.42 Å². The summed E-state index contributed by atoms with van der Waals surface area (Å²) >= 11 is 0. The average molecular weight is 210 g/mol. The Morgan fingerprint density at radius 1 is 1.53 bits per heavy atom. The van der Waals surface area contributed by atoms with E-state index in [9.17, 15) is 4.79 Å². The van der Waals surface area contributed by atoms with E-state index in [4.69, 9.17) is 5.73 Å². The van der Waals surface area contributed by atoms with E-state index in [1.54, 1.807) is 0 Å². The van der Waals surface area contributed by atoms with Crippen LogP contribution in [0, 0.1) is 11.3 Å². The molecule has 1 saturated carbocycles. The molecule has 0 aromatic heterocycles. The van der Waals surface area contributed by atoms with Crippen LogP contribution in [0.2, 0.25) is 0 Å². The second kappa shape index (κ2) is 4.12. The molecule has 86 valence electrons. The predicted molar refractivity (Wildman–Crippen MR) is 60.3 cm³/mol. The number of amides is 1. The third-order valence-corrected chi connectivity index (χ3v) is 4.35. The van der Waals surface area contributed by atoms with Gasteiger partial charge in [0.05, 0.1) is 0 Å². The zero-order chi connectivity index (χ0) is 10.9. The molecule has 15 heavy (non-hydrogen) atoms. The lowest BCUT2D eigenvalue weighted by atomic mass is 9.66. The van der Waals surface area contributed by atoms with Crippen LogP contribution in [0.4, 0.5) is 0 Å². The molecular weight excluding hydrogens is 188 g/mol. The molecule has 1 atom stereocenters. The molecule has 0 bridgehead atoms. The molecule has 1 saturated heterocycles. The van der Waals surface area contributed by atoms with Gasteiger partial charge in [-0.25, -0.2) is 0 Å². The van der Waals surface area contributed by atoms with Crippen LogP contribution in [-0.2, 0) is 4.79 Å². The number of carbonyl (C=O) groups excluding carboxylic acids is 1. The Morgan fingerprint density at radius 2 is 2.27 bits per heavy atom. The molecule has 2 fully saturated rings. The summed E-state index contributed by atoms with van der Waals surface area (Å²) in [5, 5.41) is 0. The SMILES string of the molecule is CCC1(C(=O)N2CCC(CN)C2)CCC1. The van der Waals surface area contributed by atoms with E-state index in [1.807, 2.05) is 0 Å².